The molecule has 1 aliphatic rings. The minimum Gasteiger partial charge on any atom is -0.494 e. The lowest BCUT2D eigenvalue weighted by atomic mass is 10.2. The molecular formula is C17H28N4O2. The Labute approximate surface area is 138 Å². The van der Waals surface area contributed by atoms with Gasteiger partial charge in [0.15, 0.2) is 5.96 Å². The van der Waals surface area contributed by atoms with Crippen LogP contribution in [0.4, 0.5) is 0 Å². The third-order valence-electron chi connectivity index (χ3n) is 3.70. The fourth-order valence-corrected chi connectivity index (χ4v) is 2.48. The summed E-state index contributed by atoms with van der Waals surface area (Å²) in [5.41, 5.74) is 7.00. The average Bonchev–Trinajstić information content (AvgIpc) is 2.58. The van der Waals surface area contributed by atoms with Crippen molar-refractivity contribution < 1.29 is 9.47 Å². The fourth-order valence-electron chi connectivity index (χ4n) is 2.48. The molecule has 1 saturated heterocycles. The number of nitrogens with zero attached hydrogens (tertiary/aromatic N) is 2. The number of nitrogens with two attached hydrogens (primary N) is 1. The molecule has 0 unspecified atom stereocenters. The van der Waals surface area contributed by atoms with Crippen molar-refractivity contribution in [1.29, 1.82) is 0 Å². The number of guanidine groups is 1. The van der Waals surface area contributed by atoms with E-state index in [1.165, 1.54) is 0 Å². The molecule has 23 heavy (non-hydrogen) atoms. The smallest absolute Gasteiger partial charge is 0.188 e. The number of rotatable bonds is 8. The van der Waals surface area contributed by atoms with E-state index >= 15 is 0 Å². The topological polar surface area (TPSA) is 72.1 Å². The average molecular weight is 320 g/mol. The normalized spacial score (nSPS) is 16.3. The second kappa shape index (κ2) is 10.1. The number of hydrogen-bond acceptors (Lipinski definition) is 4. The molecule has 0 amide bonds. The Kier molecular flexibility index (Phi) is 7.69. The molecule has 6 heteroatoms. The molecule has 0 aromatic heterocycles. The highest BCUT2D eigenvalue weighted by Crippen LogP contribution is 2.13. The van der Waals surface area contributed by atoms with E-state index in [9.17, 15) is 0 Å². The molecule has 0 aliphatic carbocycles. The highest BCUT2D eigenvalue weighted by molar-refractivity contribution is 5.77. The molecule has 0 saturated carbocycles. The Bertz CT molecular complexity index is 487. The van der Waals surface area contributed by atoms with Crippen molar-refractivity contribution in [1.82, 2.24) is 10.2 Å². The lowest BCUT2D eigenvalue weighted by molar-refractivity contribution is 0.0376. The summed E-state index contributed by atoms with van der Waals surface area (Å²) in [6, 6.07) is 7.95. The zero-order valence-corrected chi connectivity index (χ0v) is 14.0. The van der Waals surface area contributed by atoms with E-state index in [1.807, 2.05) is 31.2 Å². The first-order valence-electron chi connectivity index (χ1n) is 8.33. The summed E-state index contributed by atoms with van der Waals surface area (Å²) in [6.07, 6.45) is 1.05. The summed E-state index contributed by atoms with van der Waals surface area (Å²) in [6.45, 7) is 8.85. The van der Waals surface area contributed by atoms with Gasteiger partial charge in [-0.15, -0.1) is 0 Å². The monoisotopic (exact) mass is 320 g/mol. The van der Waals surface area contributed by atoms with E-state index in [1.54, 1.807) is 0 Å². The van der Waals surface area contributed by atoms with Crippen LogP contribution in [0, 0.1) is 0 Å². The lowest BCUT2D eigenvalue weighted by Gasteiger charge is -2.26. The van der Waals surface area contributed by atoms with Crippen LogP contribution in [-0.4, -0.2) is 56.9 Å². The predicted octanol–water partition coefficient (Wildman–Crippen LogP) is 1.21. The molecule has 128 valence electrons. The van der Waals surface area contributed by atoms with Gasteiger partial charge in [0, 0.05) is 19.6 Å². The van der Waals surface area contributed by atoms with Crippen LogP contribution in [0.3, 0.4) is 0 Å². The zero-order chi connectivity index (χ0) is 16.3. The summed E-state index contributed by atoms with van der Waals surface area (Å²) in [5, 5.41) is 3.17. The molecule has 1 fully saturated rings. The van der Waals surface area contributed by atoms with Crippen molar-refractivity contribution in [2.45, 2.75) is 19.9 Å². The van der Waals surface area contributed by atoms with Crippen LogP contribution in [0.25, 0.3) is 0 Å². The second-order valence-electron chi connectivity index (χ2n) is 5.52. The Hall–Kier alpha value is -1.79. The maximum atomic E-state index is 5.91. The zero-order valence-electron chi connectivity index (χ0n) is 14.0. The first kappa shape index (κ1) is 17.6. The van der Waals surface area contributed by atoms with Crippen LogP contribution < -0.4 is 15.8 Å². The molecule has 6 nitrogen and oxygen atoms in total. The molecule has 1 aromatic rings. The Morgan fingerprint density at radius 1 is 1.39 bits per heavy atom. The van der Waals surface area contributed by atoms with E-state index in [0.29, 0.717) is 19.1 Å². The molecule has 0 spiro atoms. The minimum absolute atomic E-state index is 0.494. The summed E-state index contributed by atoms with van der Waals surface area (Å²) < 4.78 is 10.8. The number of benzene rings is 1. The van der Waals surface area contributed by atoms with Gasteiger partial charge in [-0.2, -0.15) is 0 Å². The predicted molar refractivity (Wildman–Crippen MR) is 92.8 cm³/mol. The van der Waals surface area contributed by atoms with Crippen LogP contribution >= 0.6 is 0 Å². The van der Waals surface area contributed by atoms with Gasteiger partial charge in [-0.3, -0.25) is 4.90 Å². The maximum Gasteiger partial charge on any atom is 0.188 e. The van der Waals surface area contributed by atoms with Gasteiger partial charge in [0.05, 0.1) is 26.4 Å². The van der Waals surface area contributed by atoms with Gasteiger partial charge in [-0.25, -0.2) is 4.99 Å². The molecule has 0 radical (unpaired) electrons. The van der Waals surface area contributed by atoms with Crippen molar-refractivity contribution in [3.8, 4) is 5.75 Å². The molecule has 0 bridgehead atoms. The number of aliphatic imine (C=N–C) groups is 1. The van der Waals surface area contributed by atoms with Crippen molar-refractivity contribution in [3.63, 3.8) is 0 Å². The molecule has 1 aromatic carbocycles. The summed E-state index contributed by atoms with van der Waals surface area (Å²) in [7, 11) is 0. The SMILES string of the molecule is CCOc1cccc(CN=C(N)NCCCN2CCOCC2)c1. The first-order valence-corrected chi connectivity index (χ1v) is 8.33. The minimum atomic E-state index is 0.494. The van der Waals surface area contributed by atoms with Crippen LogP contribution in [0.5, 0.6) is 5.75 Å². The van der Waals surface area contributed by atoms with E-state index in [4.69, 9.17) is 15.2 Å². The lowest BCUT2D eigenvalue weighted by Crippen LogP contribution is -2.39. The quantitative estimate of drug-likeness (QED) is 0.428. The highest BCUT2D eigenvalue weighted by Gasteiger charge is 2.08. The van der Waals surface area contributed by atoms with Crippen molar-refractivity contribution in [3.05, 3.63) is 29.8 Å². The number of hydrogen-bond donors (Lipinski definition) is 2. The number of nitrogens with one attached hydrogen (secondary N) is 1. The summed E-state index contributed by atoms with van der Waals surface area (Å²) in [5.74, 6) is 1.37. The summed E-state index contributed by atoms with van der Waals surface area (Å²) >= 11 is 0. The fraction of sp³-hybridized carbons (Fsp3) is 0.588. The highest BCUT2D eigenvalue weighted by atomic mass is 16.5. The van der Waals surface area contributed by atoms with Crippen LogP contribution in [-0.2, 0) is 11.3 Å². The van der Waals surface area contributed by atoms with Gasteiger partial charge < -0.3 is 20.5 Å². The van der Waals surface area contributed by atoms with Crippen LogP contribution in [0.15, 0.2) is 29.3 Å². The molecule has 2 rings (SSSR count). The van der Waals surface area contributed by atoms with Gasteiger partial charge in [-0.05, 0) is 37.6 Å². The Morgan fingerprint density at radius 2 is 2.22 bits per heavy atom. The van der Waals surface area contributed by atoms with Crippen molar-refractivity contribution >= 4 is 5.96 Å². The first-order chi connectivity index (χ1) is 11.3. The van der Waals surface area contributed by atoms with Crippen molar-refractivity contribution in [2.24, 2.45) is 10.7 Å². The van der Waals surface area contributed by atoms with E-state index < -0.39 is 0 Å². The number of ether oxygens (including phenoxy) is 2. The van der Waals surface area contributed by atoms with E-state index in [-0.39, 0.29) is 0 Å². The molecular weight excluding hydrogens is 292 g/mol. The van der Waals surface area contributed by atoms with Crippen LogP contribution in [0.2, 0.25) is 0 Å². The van der Waals surface area contributed by atoms with E-state index in [0.717, 1.165) is 57.1 Å². The summed E-state index contributed by atoms with van der Waals surface area (Å²) in [4.78, 5) is 6.79. The number of morpholine rings is 1. The van der Waals surface area contributed by atoms with Gasteiger partial charge in [0.25, 0.3) is 0 Å². The van der Waals surface area contributed by atoms with Gasteiger partial charge >= 0.3 is 0 Å². The largest absolute Gasteiger partial charge is 0.494 e. The molecule has 0 atom stereocenters. The Balaban J connectivity index is 1.65. The molecule has 1 aliphatic heterocycles. The van der Waals surface area contributed by atoms with E-state index in [2.05, 4.69) is 15.2 Å². The third-order valence-corrected chi connectivity index (χ3v) is 3.70. The Morgan fingerprint density at radius 3 is 3.00 bits per heavy atom. The second-order valence-corrected chi connectivity index (χ2v) is 5.52. The van der Waals surface area contributed by atoms with Gasteiger partial charge in [0.1, 0.15) is 5.75 Å². The molecule has 3 N–H and O–H groups in total. The molecule has 1 heterocycles. The van der Waals surface area contributed by atoms with Crippen LogP contribution in [0.1, 0.15) is 18.9 Å². The van der Waals surface area contributed by atoms with Gasteiger partial charge in [-0.1, -0.05) is 12.1 Å². The standard InChI is InChI=1S/C17H28N4O2/c1-2-23-16-6-3-5-15(13-16)14-20-17(18)19-7-4-8-21-9-11-22-12-10-21/h3,5-6,13H,2,4,7-12,14H2,1H3,(H3,18,19,20). The van der Waals surface area contributed by atoms with Gasteiger partial charge in [0.2, 0.25) is 0 Å². The maximum absolute atomic E-state index is 5.91. The third kappa shape index (κ3) is 6.88. The van der Waals surface area contributed by atoms with Crippen molar-refractivity contribution in [2.75, 3.05) is 46.0 Å².